The SMILES string of the molecule is O=C(COc1ccccc1)N1CCCCC1c1nc(-c2cccc(B(O)O)c2)no1. The van der Waals surface area contributed by atoms with Crippen molar-refractivity contribution in [1.82, 2.24) is 15.0 Å². The third-order valence-corrected chi connectivity index (χ3v) is 5.10. The molecule has 30 heavy (non-hydrogen) atoms. The summed E-state index contributed by atoms with van der Waals surface area (Å²) in [5.41, 5.74) is 0.947. The summed E-state index contributed by atoms with van der Waals surface area (Å²) >= 11 is 0. The van der Waals surface area contributed by atoms with Crippen LogP contribution in [0.3, 0.4) is 0 Å². The highest BCUT2D eigenvalue weighted by molar-refractivity contribution is 6.58. The number of carbonyl (C=O) groups excluding carboxylic acids is 1. The van der Waals surface area contributed by atoms with E-state index in [1.54, 1.807) is 29.2 Å². The first-order valence-corrected chi connectivity index (χ1v) is 9.89. The summed E-state index contributed by atoms with van der Waals surface area (Å²) in [6.45, 7) is 0.545. The molecule has 154 valence electrons. The maximum absolute atomic E-state index is 12.8. The zero-order chi connectivity index (χ0) is 20.9. The van der Waals surface area contributed by atoms with Crippen LogP contribution >= 0.6 is 0 Å². The lowest BCUT2D eigenvalue weighted by Gasteiger charge is -2.33. The Kier molecular flexibility index (Phi) is 6.11. The van der Waals surface area contributed by atoms with Gasteiger partial charge in [-0.1, -0.05) is 47.6 Å². The Morgan fingerprint density at radius 2 is 2.00 bits per heavy atom. The largest absolute Gasteiger partial charge is 0.488 e. The number of piperidine rings is 1. The summed E-state index contributed by atoms with van der Waals surface area (Å²) in [6.07, 6.45) is 2.59. The van der Waals surface area contributed by atoms with Crippen molar-refractivity contribution in [3.63, 3.8) is 0 Å². The molecule has 0 spiro atoms. The van der Waals surface area contributed by atoms with Crippen LogP contribution in [0.5, 0.6) is 5.75 Å². The number of hydrogen-bond donors (Lipinski definition) is 2. The molecular weight excluding hydrogens is 385 g/mol. The van der Waals surface area contributed by atoms with Crippen LogP contribution in [-0.4, -0.2) is 51.3 Å². The Bertz CT molecular complexity index is 995. The predicted octanol–water partition coefficient (Wildman–Crippen LogP) is 1.55. The van der Waals surface area contributed by atoms with Gasteiger partial charge in [-0.25, -0.2) is 0 Å². The van der Waals surface area contributed by atoms with Crippen LogP contribution in [-0.2, 0) is 4.79 Å². The van der Waals surface area contributed by atoms with Gasteiger partial charge in [0, 0.05) is 12.1 Å². The minimum Gasteiger partial charge on any atom is -0.484 e. The highest BCUT2D eigenvalue weighted by atomic mass is 16.5. The molecule has 0 bridgehead atoms. The average Bonchev–Trinajstić information content (AvgIpc) is 3.28. The normalized spacial score (nSPS) is 16.3. The lowest BCUT2D eigenvalue weighted by Crippen LogP contribution is -2.41. The number of benzene rings is 2. The molecule has 1 amide bonds. The van der Waals surface area contributed by atoms with Crippen molar-refractivity contribution >= 4 is 18.5 Å². The van der Waals surface area contributed by atoms with Crippen molar-refractivity contribution in [2.45, 2.75) is 25.3 Å². The smallest absolute Gasteiger partial charge is 0.484 e. The molecule has 1 aromatic heterocycles. The first-order valence-electron chi connectivity index (χ1n) is 9.89. The molecule has 0 saturated carbocycles. The van der Waals surface area contributed by atoms with Crippen molar-refractivity contribution in [3.8, 4) is 17.1 Å². The zero-order valence-corrected chi connectivity index (χ0v) is 16.3. The second kappa shape index (κ2) is 9.10. The fourth-order valence-corrected chi connectivity index (χ4v) is 3.56. The molecule has 0 radical (unpaired) electrons. The van der Waals surface area contributed by atoms with Crippen LogP contribution in [0.25, 0.3) is 11.4 Å². The summed E-state index contributed by atoms with van der Waals surface area (Å²) in [4.78, 5) is 19.0. The van der Waals surface area contributed by atoms with Gasteiger partial charge >= 0.3 is 7.12 Å². The maximum atomic E-state index is 12.8. The van der Waals surface area contributed by atoms with Gasteiger partial charge in [0.15, 0.2) is 6.61 Å². The van der Waals surface area contributed by atoms with E-state index in [0.29, 0.717) is 35.0 Å². The molecule has 1 aliphatic rings. The molecule has 1 atom stereocenters. The molecule has 2 N–H and O–H groups in total. The van der Waals surface area contributed by atoms with Gasteiger partial charge in [-0.05, 0) is 36.9 Å². The number of aromatic nitrogens is 2. The van der Waals surface area contributed by atoms with Crippen LogP contribution in [0.15, 0.2) is 59.1 Å². The average molecular weight is 407 g/mol. The third kappa shape index (κ3) is 4.53. The molecule has 1 aliphatic heterocycles. The number of nitrogens with zero attached hydrogens (tertiary/aromatic N) is 3. The number of para-hydroxylation sites is 1. The van der Waals surface area contributed by atoms with E-state index in [1.165, 1.54) is 0 Å². The standard InChI is InChI=1S/C21H22BN3O5/c26-19(14-29-17-9-2-1-3-10-17)25-12-5-4-11-18(25)21-23-20(24-30-21)15-7-6-8-16(13-15)22(27)28/h1-3,6-10,13,18,27-28H,4-5,11-12,14H2. The number of amides is 1. The summed E-state index contributed by atoms with van der Waals surface area (Å²) in [7, 11) is -1.58. The van der Waals surface area contributed by atoms with E-state index < -0.39 is 7.12 Å². The van der Waals surface area contributed by atoms with E-state index in [1.807, 2.05) is 30.3 Å². The monoisotopic (exact) mass is 407 g/mol. The molecule has 8 nitrogen and oxygen atoms in total. The predicted molar refractivity (Wildman–Crippen MR) is 110 cm³/mol. The van der Waals surface area contributed by atoms with Gasteiger partial charge < -0.3 is 24.2 Å². The van der Waals surface area contributed by atoms with E-state index in [0.717, 1.165) is 19.3 Å². The van der Waals surface area contributed by atoms with E-state index in [-0.39, 0.29) is 18.6 Å². The van der Waals surface area contributed by atoms with Gasteiger partial charge in [0.2, 0.25) is 11.7 Å². The van der Waals surface area contributed by atoms with Crippen molar-refractivity contribution in [2.24, 2.45) is 0 Å². The second-order valence-electron chi connectivity index (χ2n) is 7.16. The summed E-state index contributed by atoms with van der Waals surface area (Å²) in [5.74, 6) is 1.22. The summed E-state index contributed by atoms with van der Waals surface area (Å²) < 4.78 is 11.1. The van der Waals surface area contributed by atoms with Crippen LogP contribution in [0.2, 0.25) is 0 Å². The number of carbonyl (C=O) groups is 1. The quantitative estimate of drug-likeness (QED) is 0.597. The van der Waals surface area contributed by atoms with E-state index in [4.69, 9.17) is 9.26 Å². The summed E-state index contributed by atoms with van der Waals surface area (Å²) in [6, 6.07) is 15.6. The molecule has 1 fully saturated rings. The molecule has 9 heteroatoms. The number of ether oxygens (including phenoxy) is 1. The molecule has 2 heterocycles. The summed E-state index contributed by atoms with van der Waals surface area (Å²) in [5, 5.41) is 22.8. The van der Waals surface area contributed by atoms with Crippen LogP contribution < -0.4 is 10.2 Å². The van der Waals surface area contributed by atoms with Gasteiger partial charge in [-0.3, -0.25) is 4.79 Å². The van der Waals surface area contributed by atoms with Crippen molar-refractivity contribution < 1.29 is 24.1 Å². The molecule has 4 rings (SSSR count). The highest BCUT2D eigenvalue weighted by Crippen LogP contribution is 2.31. The topological polar surface area (TPSA) is 109 Å². The van der Waals surface area contributed by atoms with Gasteiger partial charge in [0.1, 0.15) is 11.8 Å². The van der Waals surface area contributed by atoms with E-state index >= 15 is 0 Å². The third-order valence-electron chi connectivity index (χ3n) is 5.10. The molecule has 1 unspecified atom stereocenters. The number of rotatable bonds is 6. The van der Waals surface area contributed by atoms with Crippen molar-refractivity contribution in [1.29, 1.82) is 0 Å². The lowest BCUT2D eigenvalue weighted by molar-refractivity contribution is -0.138. The van der Waals surface area contributed by atoms with Gasteiger partial charge in [-0.15, -0.1) is 0 Å². The molecular formula is C21H22BN3O5. The lowest BCUT2D eigenvalue weighted by atomic mass is 9.79. The highest BCUT2D eigenvalue weighted by Gasteiger charge is 2.32. The van der Waals surface area contributed by atoms with E-state index in [9.17, 15) is 14.8 Å². The minimum atomic E-state index is -1.58. The Morgan fingerprint density at radius 1 is 1.17 bits per heavy atom. The van der Waals surface area contributed by atoms with Crippen LogP contribution in [0.1, 0.15) is 31.2 Å². The maximum Gasteiger partial charge on any atom is 0.488 e. The van der Waals surface area contributed by atoms with Crippen molar-refractivity contribution in [3.05, 3.63) is 60.5 Å². The fourth-order valence-electron chi connectivity index (χ4n) is 3.56. The molecule has 3 aromatic rings. The molecule has 2 aromatic carbocycles. The van der Waals surface area contributed by atoms with Crippen molar-refractivity contribution in [2.75, 3.05) is 13.2 Å². The Labute approximate surface area is 174 Å². The zero-order valence-electron chi connectivity index (χ0n) is 16.3. The Hall–Kier alpha value is -3.17. The fraction of sp³-hybridized carbons (Fsp3) is 0.286. The Balaban J connectivity index is 1.49. The first-order chi connectivity index (χ1) is 14.6. The van der Waals surface area contributed by atoms with Gasteiger partial charge in [0.25, 0.3) is 5.91 Å². The van der Waals surface area contributed by atoms with Crippen LogP contribution in [0, 0.1) is 0 Å². The van der Waals surface area contributed by atoms with Gasteiger partial charge in [0.05, 0.1) is 0 Å². The molecule has 0 aliphatic carbocycles. The first kappa shape index (κ1) is 20.1. The number of likely N-dealkylation sites (tertiary alicyclic amines) is 1. The Morgan fingerprint density at radius 3 is 2.80 bits per heavy atom. The second-order valence-corrected chi connectivity index (χ2v) is 7.16. The van der Waals surface area contributed by atoms with Crippen LogP contribution in [0.4, 0.5) is 0 Å². The van der Waals surface area contributed by atoms with E-state index in [2.05, 4.69) is 10.1 Å². The number of hydrogen-bond acceptors (Lipinski definition) is 7. The molecule has 1 saturated heterocycles. The van der Waals surface area contributed by atoms with Gasteiger partial charge in [-0.2, -0.15) is 4.98 Å². The minimum absolute atomic E-state index is 0.0576.